The highest BCUT2D eigenvalue weighted by Gasteiger charge is 2.20. The molecule has 1 aliphatic rings. The quantitative estimate of drug-likeness (QED) is 0.663. The Balaban J connectivity index is 1.63. The molecule has 1 unspecified atom stereocenters. The summed E-state index contributed by atoms with van der Waals surface area (Å²) >= 11 is 0. The summed E-state index contributed by atoms with van der Waals surface area (Å²) in [6.45, 7) is 1.79. The van der Waals surface area contributed by atoms with Crippen molar-refractivity contribution in [3.63, 3.8) is 0 Å². The van der Waals surface area contributed by atoms with Gasteiger partial charge in [-0.2, -0.15) is 0 Å². The maximum Gasteiger partial charge on any atom is 0.161 e. The number of fused-ring (bicyclic) bond motifs is 1. The number of imidazole rings is 1. The Hall–Kier alpha value is -3.19. The molecule has 0 fully saturated rings. The minimum atomic E-state index is -0.146. The van der Waals surface area contributed by atoms with Crippen molar-refractivity contribution in [2.75, 3.05) is 27.4 Å². The number of aryl methyl sites for hydroxylation is 1. The third-order valence-corrected chi connectivity index (χ3v) is 4.94. The first kappa shape index (κ1) is 19.1. The summed E-state index contributed by atoms with van der Waals surface area (Å²) in [7, 11) is 5.28. The van der Waals surface area contributed by atoms with E-state index >= 15 is 0 Å². The molecule has 1 atom stereocenters. The van der Waals surface area contributed by atoms with Crippen molar-refractivity contribution in [3.05, 3.63) is 65.7 Å². The number of aromatic nitrogens is 2. The van der Waals surface area contributed by atoms with Crippen LogP contribution in [0.1, 0.15) is 23.0 Å². The second-order valence-corrected chi connectivity index (χ2v) is 6.83. The molecule has 0 saturated carbocycles. The fourth-order valence-electron chi connectivity index (χ4n) is 3.43. The molecule has 0 amide bonds. The normalized spacial score (nSPS) is 13.8. The van der Waals surface area contributed by atoms with Crippen LogP contribution >= 0.6 is 0 Å². The fraction of sp³-hybridized carbons (Fsp3) is 0.318. The molecule has 0 saturated heterocycles. The lowest BCUT2D eigenvalue weighted by Gasteiger charge is -2.22. The Bertz CT molecular complexity index is 964. The number of benzene rings is 2. The second-order valence-electron chi connectivity index (χ2n) is 6.83. The summed E-state index contributed by atoms with van der Waals surface area (Å²) < 4.78 is 24.2. The molecule has 1 N–H and O–H groups in total. The van der Waals surface area contributed by atoms with Gasteiger partial charge in [0.1, 0.15) is 30.5 Å². The zero-order valence-electron chi connectivity index (χ0n) is 16.8. The molecule has 29 heavy (non-hydrogen) atoms. The summed E-state index contributed by atoms with van der Waals surface area (Å²) in [4.78, 5) is 4.56. The average molecular weight is 395 g/mol. The van der Waals surface area contributed by atoms with Gasteiger partial charge in [-0.3, -0.25) is 5.32 Å². The summed E-state index contributed by atoms with van der Waals surface area (Å²) in [5, 5.41) is 3.61. The zero-order valence-corrected chi connectivity index (χ0v) is 16.8. The van der Waals surface area contributed by atoms with E-state index in [4.69, 9.17) is 18.9 Å². The summed E-state index contributed by atoms with van der Waals surface area (Å²) in [6.07, 6.45) is 3.73. The van der Waals surface area contributed by atoms with Crippen molar-refractivity contribution >= 4 is 0 Å². The van der Waals surface area contributed by atoms with E-state index in [0.29, 0.717) is 19.8 Å². The van der Waals surface area contributed by atoms with Gasteiger partial charge < -0.3 is 23.5 Å². The Morgan fingerprint density at radius 2 is 1.76 bits per heavy atom. The van der Waals surface area contributed by atoms with E-state index in [1.165, 1.54) is 0 Å². The smallest absolute Gasteiger partial charge is 0.161 e. The van der Waals surface area contributed by atoms with E-state index < -0.39 is 0 Å². The Morgan fingerprint density at radius 1 is 1.03 bits per heavy atom. The van der Waals surface area contributed by atoms with Gasteiger partial charge in [0.2, 0.25) is 0 Å². The highest BCUT2D eigenvalue weighted by molar-refractivity contribution is 5.44. The lowest BCUT2D eigenvalue weighted by Crippen LogP contribution is -2.25. The Kier molecular flexibility index (Phi) is 5.57. The molecule has 2 heterocycles. The molecule has 7 heteroatoms. The predicted octanol–water partition coefficient (Wildman–Crippen LogP) is 3.09. The van der Waals surface area contributed by atoms with Crippen molar-refractivity contribution in [1.82, 2.24) is 14.9 Å². The molecule has 3 aromatic rings. The van der Waals surface area contributed by atoms with Crippen LogP contribution in [-0.2, 0) is 13.6 Å². The van der Waals surface area contributed by atoms with E-state index in [2.05, 4.69) is 10.3 Å². The van der Waals surface area contributed by atoms with Gasteiger partial charge in [0, 0.05) is 32.1 Å². The number of nitrogens with zero attached hydrogens (tertiary/aromatic N) is 2. The van der Waals surface area contributed by atoms with Gasteiger partial charge >= 0.3 is 0 Å². The van der Waals surface area contributed by atoms with Gasteiger partial charge in [-0.25, -0.2) is 4.98 Å². The van der Waals surface area contributed by atoms with Gasteiger partial charge in [-0.1, -0.05) is 6.07 Å². The molecule has 152 valence electrons. The maximum atomic E-state index is 5.71. The monoisotopic (exact) mass is 395 g/mol. The van der Waals surface area contributed by atoms with E-state index in [-0.39, 0.29) is 6.04 Å². The number of hydrogen-bond donors (Lipinski definition) is 1. The maximum absolute atomic E-state index is 5.71. The minimum absolute atomic E-state index is 0.146. The van der Waals surface area contributed by atoms with Crippen molar-refractivity contribution < 1.29 is 18.9 Å². The van der Waals surface area contributed by atoms with Gasteiger partial charge in [0.15, 0.2) is 11.5 Å². The third-order valence-electron chi connectivity index (χ3n) is 4.94. The summed E-state index contributed by atoms with van der Waals surface area (Å²) in [6, 6.07) is 11.7. The average Bonchev–Trinajstić information content (AvgIpc) is 3.19. The molecule has 0 spiro atoms. The van der Waals surface area contributed by atoms with Crippen LogP contribution in [0.15, 0.2) is 48.8 Å². The molecule has 4 rings (SSSR count). The molecule has 0 bridgehead atoms. The summed E-state index contributed by atoms with van der Waals surface area (Å²) in [5.41, 5.74) is 2.11. The van der Waals surface area contributed by atoms with Gasteiger partial charge in [0.25, 0.3) is 0 Å². The highest BCUT2D eigenvalue weighted by atomic mass is 16.6. The lowest BCUT2D eigenvalue weighted by molar-refractivity contribution is 0.171. The third kappa shape index (κ3) is 4.14. The van der Waals surface area contributed by atoms with Gasteiger partial charge in [0.05, 0.1) is 20.3 Å². The van der Waals surface area contributed by atoms with E-state index in [1.54, 1.807) is 20.4 Å². The van der Waals surface area contributed by atoms with Crippen molar-refractivity contribution in [3.8, 4) is 23.0 Å². The van der Waals surface area contributed by atoms with Crippen LogP contribution in [0, 0.1) is 0 Å². The summed E-state index contributed by atoms with van der Waals surface area (Å²) in [5.74, 6) is 3.95. The standard InChI is InChI=1S/C22H25N3O4/c1-25-7-6-23-22(25)21(16-11-17(26-2)13-18(12-16)27-3)24-14-15-4-5-19-20(10-15)29-9-8-28-19/h4-7,10-13,21,24H,8-9,14H2,1-3H3. The van der Waals surface area contributed by atoms with Gasteiger partial charge in [-0.15, -0.1) is 0 Å². The largest absolute Gasteiger partial charge is 0.497 e. The van der Waals surface area contributed by atoms with Crippen LogP contribution < -0.4 is 24.3 Å². The zero-order chi connectivity index (χ0) is 20.2. The first-order chi connectivity index (χ1) is 14.2. The number of ether oxygens (including phenoxy) is 4. The van der Waals surface area contributed by atoms with E-state index in [1.807, 2.05) is 54.2 Å². The second kappa shape index (κ2) is 8.45. The van der Waals surface area contributed by atoms with E-state index in [0.717, 1.165) is 39.9 Å². The molecule has 0 aliphatic carbocycles. The molecular weight excluding hydrogens is 370 g/mol. The first-order valence-electron chi connectivity index (χ1n) is 9.50. The van der Waals surface area contributed by atoms with Crippen LogP contribution in [0.25, 0.3) is 0 Å². The van der Waals surface area contributed by atoms with E-state index in [9.17, 15) is 0 Å². The van der Waals surface area contributed by atoms with Crippen molar-refractivity contribution in [2.24, 2.45) is 7.05 Å². The SMILES string of the molecule is COc1cc(OC)cc(C(NCc2ccc3c(c2)OCCO3)c2nccn2C)c1. The number of nitrogens with one attached hydrogen (secondary N) is 1. The first-order valence-corrected chi connectivity index (χ1v) is 9.50. The van der Waals surface area contributed by atoms with Crippen LogP contribution in [0.4, 0.5) is 0 Å². The molecule has 0 radical (unpaired) electrons. The predicted molar refractivity (Wildman–Crippen MR) is 109 cm³/mol. The van der Waals surface area contributed by atoms with Crippen LogP contribution in [0.3, 0.4) is 0 Å². The van der Waals surface area contributed by atoms with Crippen LogP contribution in [0.5, 0.6) is 23.0 Å². The van der Waals surface area contributed by atoms with Crippen molar-refractivity contribution in [2.45, 2.75) is 12.6 Å². The van der Waals surface area contributed by atoms with Crippen molar-refractivity contribution in [1.29, 1.82) is 0 Å². The number of methoxy groups -OCH3 is 2. The Morgan fingerprint density at radius 3 is 2.41 bits per heavy atom. The highest BCUT2D eigenvalue weighted by Crippen LogP contribution is 2.32. The Labute approximate surface area is 170 Å². The van der Waals surface area contributed by atoms with Gasteiger partial charge in [-0.05, 0) is 35.4 Å². The number of hydrogen-bond acceptors (Lipinski definition) is 6. The minimum Gasteiger partial charge on any atom is -0.497 e. The molecule has 1 aliphatic heterocycles. The molecule has 1 aromatic heterocycles. The topological polar surface area (TPSA) is 66.8 Å². The molecule has 2 aromatic carbocycles. The molecule has 7 nitrogen and oxygen atoms in total. The number of rotatable bonds is 7. The lowest BCUT2D eigenvalue weighted by atomic mass is 10.0. The van der Waals surface area contributed by atoms with Crippen LogP contribution in [0.2, 0.25) is 0 Å². The fourth-order valence-corrected chi connectivity index (χ4v) is 3.43. The molecular formula is C22H25N3O4. The van der Waals surface area contributed by atoms with Crippen LogP contribution in [-0.4, -0.2) is 37.0 Å².